The molecule has 0 spiro atoms. The molecule has 6 heteroatoms. The molecule has 98 valence electrons. The van der Waals surface area contributed by atoms with Crippen molar-refractivity contribution in [2.75, 3.05) is 0 Å². The number of hydrogen-bond acceptors (Lipinski definition) is 4. The molecule has 0 N–H and O–H groups in total. The normalized spacial score (nSPS) is 18.8. The number of amidine groups is 1. The van der Waals surface area contributed by atoms with E-state index >= 15 is 0 Å². The maximum atomic E-state index is 11.6. The Kier molecular flexibility index (Phi) is 4.52. The lowest BCUT2D eigenvalue weighted by atomic mass is 10.1. The second-order valence-electron chi connectivity index (χ2n) is 4.43. The molecular weight excluding hydrogens is 250 g/mol. The van der Waals surface area contributed by atoms with E-state index in [-0.39, 0.29) is 18.2 Å². The van der Waals surface area contributed by atoms with Gasteiger partial charge < -0.3 is 0 Å². The number of carbonyl (C=O) groups is 2. The fraction of sp³-hybridized carbons (Fsp3) is 0.667. The van der Waals surface area contributed by atoms with Crippen LogP contribution in [0.1, 0.15) is 51.9 Å². The Balaban J connectivity index is 1.82. The molecule has 0 unspecified atom stereocenters. The smallest absolute Gasteiger partial charge is 0.258 e. The van der Waals surface area contributed by atoms with E-state index in [0.717, 1.165) is 17.9 Å². The summed E-state index contributed by atoms with van der Waals surface area (Å²) in [6.45, 7) is 2.19. The lowest BCUT2D eigenvalue weighted by Crippen LogP contribution is -2.33. The highest BCUT2D eigenvalue weighted by Crippen LogP contribution is 2.27. The molecule has 18 heavy (non-hydrogen) atoms. The summed E-state index contributed by atoms with van der Waals surface area (Å²) in [4.78, 5) is 26.5. The predicted molar refractivity (Wildman–Crippen MR) is 72.3 cm³/mol. The molecule has 0 atom stereocenters. The molecule has 0 radical (unpaired) electrons. The fourth-order valence-corrected chi connectivity index (χ4v) is 2.84. The van der Waals surface area contributed by atoms with Crippen molar-refractivity contribution in [2.24, 2.45) is 10.1 Å². The number of carbonyl (C=O) groups excluding carboxylic acids is 2. The van der Waals surface area contributed by atoms with Crippen molar-refractivity contribution in [3.05, 3.63) is 0 Å². The Morgan fingerprint density at radius 3 is 2.78 bits per heavy atom. The van der Waals surface area contributed by atoms with Gasteiger partial charge >= 0.3 is 0 Å². The highest BCUT2D eigenvalue weighted by atomic mass is 32.2. The second-order valence-corrected chi connectivity index (χ2v) is 5.47. The standard InChI is InChI=1S/C12H17N3O2S/c1-2-3-4-5-6-7-10-14-15-11(17)8-9(16)13-12(15)18-10/h2-8H2,1H3. The van der Waals surface area contributed by atoms with Gasteiger partial charge in [-0.2, -0.15) is 15.1 Å². The van der Waals surface area contributed by atoms with Gasteiger partial charge in [0.2, 0.25) is 5.17 Å². The Hall–Kier alpha value is -1.17. The Bertz CT molecular complexity index is 418. The maximum Gasteiger partial charge on any atom is 0.258 e. The zero-order chi connectivity index (χ0) is 13.0. The third-order valence-electron chi connectivity index (χ3n) is 2.86. The summed E-state index contributed by atoms with van der Waals surface area (Å²) >= 11 is 1.35. The van der Waals surface area contributed by atoms with Gasteiger partial charge in [-0.15, -0.1) is 0 Å². The molecule has 0 fully saturated rings. The lowest BCUT2D eigenvalue weighted by molar-refractivity contribution is -0.133. The van der Waals surface area contributed by atoms with Crippen molar-refractivity contribution < 1.29 is 9.59 Å². The first-order valence-corrected chi connectivity index (χ1v) is 7.22. The van der Waals surface area contributed by atoms with E-state index in [1.54, 1.807) is 0 Å². The van der Waals surface area contributed by atoms with Crippen LogP contribution in [0.4, 0.5) is 0 Å². The van der Waals surface area contributed by atoms with E-state index in [2.05, 4.69) is 17.0 Å². The maximum absolute atomic E-state index is 11.6. The Labute approximate surface area is 111 Å². The summed E-state index contributed by atoms with van der Waals surface area (Å²) in [5.74, 6) is -0.628. The van der Waals surface area contributed by atoms with E-state index in [1.165, 1.54) is 42.5 Å². The fourth-order valence-electron chi connectivity index (χ4n) is 1.89. The summed E-state index contributed by atoms with van der Waals surface area (Å²) in [6, 6.07) is 0. The van der Waals surface area contributed by atoms with Gasteiger partial charge in [-0.25, -0.2) is 0 Å². The summed E-state index contributed by atoms with van der Waals surface area (Å²) < 4.78 is 0. The molecule has 0 aromatic rings. The first kappa shape index (κ1) is 13.3. The Morgan fingerprint density at radius 2 is 2.00 bits per heavy atom. The average molecular weight is 267 g/mol. The lowest BCUT2D eigenvalue weighted by Gasteiger charge is -2.14. The molecule has 0 aromatic carbocycles. The summed E-state index contributed by atoms with van der Waals surface area (Å²) in [5, 5.41) is 6.82. The molecule has 2 rings (SSSR count). The van der Waals surface area contributed by atoms with Crippen molar-refractivity contribution in [3.8, 4) is 0 Å². The SMILES string of the molecule is CCCCCCCC1=NN2C(=O)CC(=O)N=C2S1. The number of rotatable bonds is 6. The number of thioether (sulfide) groups is 1. The number of aliphatic imine (C=N–C) groups is 1. The predicted octanol–water partition coefficient (Wildman–Crippen LogP) is 2.52. The number of hydrazone groups is 1. The second kappa shape index (κ2) is 6.13. The van der Waals surface area contributed by atoms with Gasteiger partial charge in [-0.1, -0.05) is 32.6 Å². The summed E-state index contributed by atoms with van der Waals surface area (Å²) in [6.07, 6.45) is 6.73. The number of amides is 2. The van der Waals surface area contributed by atoms with Crippen LogP contribution in [0.5, 0.6) is 0 Å². The van der Waals surface area contributed by atoms with Gasteiger partial charge in [0.15, 0.2) is 0 Å². The van der Waals surface area contributed by atoms with Crippen molar-refractivity contribution in [2.45, 2.75) is 51.9 Å². The van der Waals surface area contributed by atoms with Gasteiger partial charge in [0.25, 0.3) is 11.8 Å². The van der Waals surface area contributed by atoms with E-state index in [9.17, 15) is 9.59 Å². The largest absolute Gasteiger partial charge is 0.272 e. The molecule has 2 aliphatic rings. The van der Waals surface area contributed by atoms with Crippen LogP contribution in [0.2, 0.25) is 0 Å². The van der Waals surface area contributed by atoms with Crippen LogP contribution in [0, 0.1) is 0 Å². The first-order valence-electron chi connectivity index (χ1n) is 6.40. The molecule has 0 bridgehead atoms. The van der Waals surface area contributed by atoms with E-state index < -0.39 is 0 Å². The first-order chi connectivity index (χ1) is 8.70. The Morgan fingerprint density at radius 1 is 1.22 bits per heavy atom. The van der Waals surface area contributed by atoms with Gasteiger partial charge in [-0.3, -0.25) is 9.59 Å². The number of fused-ring (bicyclic) bond motifs is 1. The molecule has 5 nitrogen and oxygen atoms in total. The van der Waals surface area contributed by atoms with Crippen molar-refractivity contribution in [1.29, 1.82) is 0 Å². The van der Waals surface area contributed by atoms with Gasteiger partial charge in [0.05, 0.1) is 0 Å². The number of hydrogen-bond donors (Lipinski definition) is 0. The van der Waals surface area contributed by atoms with Gasteiger partial charge in [0.1, 0.15) is 11.5 Å². The van der Waals surface area contributed by atoms with Gasteiger partial charge in [-0.05, 0) is 24.6 Å². The minimum Gasteiger partial charge on any atom is -0.272 e. The summed E-state index contributed by atoms with van der Waals surface area (Å²) in [7, 11) is 0. The van der Waals surface area contributed by atoms with Crippen LogP contribution in [0.25, 0.3) is 0 Å². The van der Waals surface area contributed by atoms with Crippen LogP contribution in [0.15, 0.2) is 10.1 Å². The minimum atomic E-state index is -0.363. The molecule has 0 aromatic heterocycles. The molecule has 0 saturated carbocycles. The van der Waals surface area contributed by atoms with E-state index in [1.807, 2.05) is 0 Å². The van der Waals surface area contributed by atoms with Crippen molar-refractivity contribution in [3.63, 3.8) is 0 Å². The molecular formula is C12H17N3O2S. The van der Waals surface area contributed by atoms with E-state index in [0.29, 0.717) is 5.17 Å². The molecule has 2 heterocycles. The highest BCUT2D eigenvalue weighted by Gasteiger charge is 2.33. The highest BCUT2D eigenvalue weighted by molar-refractivity contribution is 8.26. The van der Waals surface area contributed by atoms with Gasteiger partial charge in [0, 0.05) is 0 Å². The third kappa shape index (κ3) is 3.19. The van der Waals surface area contributed by atoms with Crippen molar-refractivity contribution >= 4 is 33.8 Å². The van der Waals surface area contributed by atoms with E-state index in [4.69, 9.17) is 0 Å². The van der Waals surface area contributed by atoms with Crippen LogP contribution in [-0.4, -0.2) is 27.0 Å². The monoisotopic (exact) mass is 267 g/mol. The van der Waals surface area contributed by atoms with Crippen LogP contribution >= 0.6 is 11.8 Å². The minimum absolute atomic E-state index is 0.155. The average Bonchev–Trinajstić information content (AvgIpc) is 2.72. The quantitative estimate of drug-likeness (QED) is 0.548. The topological polar surface area (TPSA) is 62.1 Å². The molecule has 0 saturated heterocycles. The number of nitrogens with zero attached hydrogens (tertiary/aromatic N) is 3. The van der Waals surface area contributed by atoms with Crippen LogP contribution in [0.3, 0.4) is 0 Å². The third-order valence-corrected chi connectivity index (χ3v) is 3.82. The number of unbranched alkanes of at least 4 members (excludes halogenated alkanes) is 4. The molecule has 0 aliphatic carbocycles. The zero-order valence-corrected chi connectivity index (χ0v) is 11.3. The van der Waals surface area contributed by atoms with Crippen LogP contribution in [-0.2, 0) is 9.59 Å². The van der Waals surface area contributed by atoms with Crippen LogP contribution < -0.4 is 0 Å². The molecule has 2 amide bonds. The molecule has 2 aliphatic heterocycles. The zero-order valence-electron chi connectivity index (χ0n) is 10.5. The van der Waals surface area contributed by atoms with Crippen molar-refractivity contribution in [1.82, 2.24) is 5.01 Å². The summed E-state index contributed by atoms with van der Waals surface area (Å²) in [5.41, 5.74) is 0.